The van der Waals surface area contributed by atoms with Gasteiger partial charge in [0.25, 0.3) is 0 Å². The van der Waals surface area contributed by atoms with E-state index in [9.17, 15) is 0 Å². The normalized spacial score (nSPS) is 21.0. The van der Waals surface area contributed by atoms with Gasteiger partial charge in [-0.25, -0.2) is 0 Å². The van der Waals surface area contributed by atoms with Gasteiger partial charge >= 0.3 is 0 Å². The van der Waals surface area contributed by atoms with E-state index in [2.05, 4.69) is 30.0 Å². The van der Waals surface area contributed by atoms with Gasteiger partial charge in [-0.2, -0.15) is 0 Å². The van der Waals surface area contributed by atoms with E-state index in [4.69, 9.17) is 22.1 Å². The molecule has 1 fully saturated rings. The zero-order valence-electron chi connectivity index (χ0n) is 12.4. The topological polar surface area (TPSA) is 38.5 Å². The Morgan fingerprint density at radius 2 is 2.30 bits per heavy atom. The monoisotopic (exact) mass is 296 g/mol. The maximum atomic E-state index is 6.46. The van der Waals surface area contributed by atoms with E-state index >= 15 is 0 Å². The number of piperidine rings is 1. The average molecular weight is 297 g/mol. The fourth-order valence-electron chi connectivity index (χ4n) is 2.73. The van der Waals surface area contributed by atoms with Crippen molar-refractivity contribution < 1.29 is 4.74 Å². The summed E-state index contributed by atoms with van der Waals surface area (Å²) in [6.07, 6.45) is 4.47. The summed E-state index contributed by atoms with van der Waals surface area (Å²) in [5.41, 5.74) is 8.33. The lowest BCUT2D eigenvalue weighted by Crippen LogP contribution is -2.39. The largest absolute Gasteiger partial charge is 0.380 e. The summed E-state index contributed by atoms with van der Waals surface area (Å²) in [6.45, 7) is 4.08. The molecule has 1 aliphatic rings. The molecule has 0 aliphatic carbocycles. The smallest absolute Gasteiger partial charge is 0.0746 e. The summed E-state index contributed by atoms with van der Waals surface area (Å²) in [7, 11) is 1.78. The molecule has 1 aromatic carbocycles. The molecule has 0 bridgehead atoms. The highest BCUT2D eigenvalue weighted by molar-refractivity contribution is 6.33. The van der Waals surface area contributed by atoms with E-state index < -0.39 is 0 Å². The molecule has 1 aromatic rings. The first-order valence-corrected chi connectivity index (χ1v) is 7.83. The van der Waals surface area contributed by atoms with Gasteiger partial charge in [-0.1, -0.05) is 24.6 Å². The third kappa shape index (κ3) is 3.87. The standard InChI is InChI=1S/C16H25ClN2O/c1-3-13(18)9-12-6-7-16(15(17)10-12)19-8-4-5-14(11-19)20-2/h6-7,10,13-14H,3-5,8-9,11,18H2,1-2H3. The van der Waals surface area contributed by atoms with Crippen molar-refractivity contribution in [3.05, 3.63) is 28.8 Å². The molecule has 112 valence electrons. The maximum absolute atomic E-state index is 6.46. The van der Waals surface area contributed by atoms with Crippen molar-refractivity contribution in [2.45, 2.75) is 44.8 Å². The molecule has 2 N–H and O–H groups in total. The second-order valence-electron chi connectivity index (χ2n) is 5.60. The number of hydrogen-bond acceptors (Lipinski definition) is 3. The summed E-state index contributed by atoms with van der Waals surface area (Å²) >= 11 is 6.46. The van der Waals surface area contributed by atoms with Gasteiger partial charge in [-0.05, 0) is 43.4 Å². The van der Waals surface area contributed by atoms with Crippen molar-refractivity contribution in [3.63, 3.8) is 0 Å². The fraction of sp³-hybridized carbons (Fsp3) is 0.625. The van der Waals surface area contributed by atoms with Gasteiger partial charge in [0, 0.05) is 26.2 Å². The number of nitrogens with zero attached hydrogens (tertiary/aromatic N) is 1. The number of methoxy groups -OCH3 is 1. The van der Waals surface area contributed by atoms with Crippen LogP contribution in [0.4, 0.5) is 5.69 Å². The highest BCUT2D eigenvalue weighted by Crippen LogP contribution is 2.30. The number of hydrogen-bond donors (Lipinski definition) is 1. The van der Waals surface area contributed by atoms with E-state index in [1.807, 2.05) is 0 Å². The van der Waals surface area contributed by atoms with Crippen LogP contribution in [0.2, 0.25) is 5.02 Å². The zero-order valence-corrected chi connectivity index (χ0v) is 13.2. The molecule has 0 saturated carbocycles. The molecule has 1 saturated heterocycles. The van der Waals surface area contributed by atoms with E-state index in [-0.39, 0.29) is 6.04 Å². The van der Waals surface area contributed by atoms with E-state index in [1.165, 1.54) is 5.56 Å². The van der Waals surface area contributed by atoms with Crippen molar-refractivity contribution in [1.29, 1.82) is 0 Å². The summed E-state index contributed by atoms with van der Waals surface area (Å²) < 4.78 is 5.47. The Morgan fingerprint density at radius 1 is 1.50 bits per heavy atom. The van der Waals surface area contributed by atoms with Crippen molar-refractivity contribution in [2.75, 3.05) is 25.1 Å². The van der Waals surface area contributed by atoms with Crippen molar-refractivity contribution in [1.82, 2.24) is 0 Å². The van der Waals surface area contributed by atoms with Crippen molar-refractivity contribution >= 4 is 17.3 Å². The minimum atomic E-state index is 0.213. The number of ether oxygens (including phenoxy) is 1. The van der Waals surface area contributed by atoms with Crippen LogP contribution in [-0.2, 0) is 11.2 Å². The van der Waals surface area contributed by atoms with E-state index in [0.717, 1.165) is 49.5 Å². The van der Waals surface area contributed by atoms with Gasteiger partial charge in [-0.3, -0.25) is 0 Å². The second-order valence-corrected chi connectivity index (χ2v) is 6.01. The Kier molecular flexibility index (Phi) is 5.70. The van der Waals surface area contributed by atoms with Crippen molar-refractivity contribution in [2.24, 2.45) is 5.73 Å². The molecule has 2 unspecified atom stereocenters. The number of rotatable bonds is 5. The number of benzene rings is 1. The predicted molar refractivity (Wildman–Crippen MR) is 85.7 cm³/mol. The van der Waals surface area contributed by atoms with Crippen LogP contribution >= 0.6 is 11.6 Å². The summed E-state index contributed by atoms with van der Waals surface area (Å²) in [5.74, 6) is 0. The molecular formula is C16H25ClN2O. The van der Waals surface area contributed by atoms with Crippen LogP contribution in [0, 0.1) is 0 Å². The van der Waals surface area contributed by atoms with Gasteiger partial charge in [0.2, 0.25) is 0 Å². The first-order chi connectivity index (χ1) is 9.63. The van der Waals surface area contributed by atoms with Crippen LogP contribution in [0.5, 0.6) is 0 Å². The maximum Gasteiger partial charge on any atom is 0.0746 e. The van der Waals surface area contributed by atoms with Crippen LogP contribution in [-0.4, -0.2) is 32.3 Å². The fourth-order valence-corrected chi connectivity index (χ4v) is 3.05. The second kappa shape index (κ2) is 7.30. The number of anilines is 1. The van der Waals surface area contributed by atoms with Crippen LogP contribution < -0.4 is 10.6 Å². The molecule has 1 heterocycles. The number of halogens is 1. The van der Waals surface area contributed by atoms with Crippen molar-refractivity contribution in [3.8, 4) is 0 Å². The van der Waals surface area contributed by atoms with Gasteiger partial charge in [0.05, 0.1) is 16.8 Å². The Hall–Kier alpha value is -0.770. The molecule has 20 heavy (non-hydrogen) atoms. The van der Waals surface area contributed by atoms with Gasteiger partial charge < -0.3 is 15.4 Å². The quantitative estimate of drug-likeness (QED) is 0.906. The Balaban J connectivity index is 2.09. The predicted octanol–water partition coefficient (Wildman–Crippen LogP) is 3.24. The molecular weight excluding hydrogens is 272 g/mol. The molecule has 3 nitrogen and oxygen atoms in total. The van der Waals surface area contributed by atoms with Crippen LogP contribution in [0.3, 0.4) is 0 Å². The first kappa shape index (κ1) is 15.6. The highest BCUT2D eigenvalue weighted by Gasteiger charge is 2.21. The van der Waals surface area contributed by atoms with Gasteiger partial charge in [0.15, 0.2) is 0 Å². The van der Waals surface area contributed by atoms with Crippen LogP contribution in [0.1, 0.15) is 31.7 Å². The summed E-state index contributed by atoms with van der Waals surface area (Å²) in [5, 5.41) is 0.822. The SMILES string of the molecule is CCC(N)Cc1ccc(N2CCCC(OC)C2)c(Cl)c1. The first-order valence-electron chi connectivity index (χ1n) is 7.45. The molecule has 0 amide bonds. The van der Waals surface area contributed by atoms with E-state index in [1.54, 1.807) is 7.11 Å². The molecule has 0 aromatic heterocycles. The van der Waals surface area contributed by atoms with Gasteiger partial charge in [0.1, 0.15) is 0 Å². The summed E-state index contributed by atoms with van der Waals surface area (Å²) in [4.78, 5) is 2.32. The highest BCUT2D eigenvalue weighted by atomic mass is 35.5. The minimum absolute atomic E-state index is 0.213. The lowest BCUT2D eigenvalue weighted by atomic mass is 10.0. The molecule has 2 atom stereocenters. The average Bonchev–Trinajstić information content (AvgIpc) is 2.47. The van der Waals surface area contributed by atoms with Crippen LogP contribution in [0.25, 0.3) is 0 Å². The third-order valence-electron chi connectivity index (χ3n) is 4.09. The number of nitrogens with two attached hydrogens (primary N) is 1. The lowest BCUT2D eigenvalue weighted by molar-refractivity contribution is 0.0893. The molecule has 4 heteroatoms. The lowest BCUT2D eigenvalue weighted by Gasteiger charge is -2.34. The zero-order chi connectivity index (χ0) is 14.5. The Morgan fingerprint density at radius 3 is 2.95 bits per heavy atom. The van der Waals surface area contributed by atoms with E-state index in [0.29, 0.717) is 6.10 Å². The van der Waals surface area contributed by atoms with Crippen LogP contribution in [0.15, 0.2) is 18.2 Å². The Bertz CT molecular complexity index is 438. The summed E-state index contributed by atoms with van der Waals surface area (Å²) in [6, 6.07) is 6.54. The molecule has 2 rings (SSSR count). The Labute approximate surface area is 127 Å². The minimum Gasteiger partial charge on any atom is -0.380 e. The molecule has 0 spiro atoms. The molecule has 1 aliphatic heterocycles. The molecule has 0 radical (unpaired) electrons. The van der Waals surface area contributed by atoms with Gasteiger partial charge in [-0.15, -0.1) is 0 Å². The third-order valence-corrected chi connectivity index (χ3v) is 4.39.